The number of nitrogens with zero attached hydrogens (tertiary/aromatic N) is 3. The van der Waals surface area contributed by atoms with Crippen LogP contribution in [0, 0.1) is 0 Å². The van der Waals surface area contributed by atoms with Crippen molar-refractivity contribution in [2.45, 2.75) is 19.3 Å². The second-order valence-electron chi connectivity index (χ2n) is 15.2. The summed E-state index contributed by atoms with van der Waals surface area (Å²) in [4.78, 5) is 15.5. The zero-order valence-corrected chi connectivity index (χ0v) is 31.9. The molecule has 1 aliphatic rings. The van der Waals surface area contributed by atoms with Crippen molar-refractivity contribution in [2.75, 3.05) is 0 Å². The third kappa shape index (κ3) is 6.24. The summed E-state index contributed by atoms with van der Waals surface area (Å²) in [5.74, 6) is 1.90. The van der Waals surface area contributed by atoms with Crippen LogP contribution in [-0.2, 0) is 5.41 Å². The summed E-state index contributed by atoms with van der Waals surface area (Å²) in [7, 11) is 0. The molecule has 9 aromatic rings. The molecular weight excluding hydrogens is 691 g/mol. The first-order valence-electron chi connectivity index (χ1n) is 19.5. The van der Waals surface area contributed by atoms with Gasteiger partial charge in [0.25, 0.3) is 0 Å². The molecule has 0 N–H and O–H groups in total. The predicted molar refractivity (Wildman–Crippen MR) is 235 cm³/mol. The quantitative estimate of drug-likeness (QED) is 0.164. The summed E-state index contributed by atoms with van der Waals surface area (Å²) >= 11 is 0. The van der Waals surface area contributed by atoms with Crippen LogP contribution in [0.15, 0.2) is 200 Å². The van der Waals surface area contributed by atoms with Crippen molar-refractivity contribution in [3.8, 4) is 89.8 Å². The van der Waals surface area contributed by atoms with Gasteiger partial charge >= 0.3 is 0 Å². The maximum atomic E-state index is 5.19. The lowest BCUT2D eigenvalue weighted by Gasteiger charge is -2.22. The molecule has 0 atom stereocenters. The summed E-state index contributed by atoms with van der Waals surface area (Å²) in [6.45, 7) is 4.67. The van der Waals surface area contributed by atoms with Gasteiger partial charge in [-0.05, 0) is 72.8 Å². The summed E-state index contributed by atoms with van der Waals surface area (Å²) in [5.41, 5.74) is 17.4. The number of hydrogen-bond acceptors (Lipinski definition) is 3. The van der Waals surface area contributed by atoms with E-state index < -0.39 is 0 Å². The van der Waals surface area contributed by atoms with Crippen LogP contribution < -0.4 is 0 Å². The molecule has 10 rings (SSSR count). The molecule has 270 valence electrons. The zero-order chi connectivity index (χ0) is 38.3. The van der Waals surface area contributed by atoms with E-state index in [1.165, 1.54) is 33.4 Å². The lowest BCUT2D eigenvalue weighted by atomic mass is 9.81. The lowest BCUT2D eigenvalue weighted by Crippen LogP contribution is -2.14. The van der Waals surface area contributed by atoms with E-state index in [1.807, 2.05) is 24.3 Å². The fraction of sp³-hybridized carbons (Fsp3) is 0.0556. The molecule has 57 heavy (non-hydrogen) atoms. The molecule has 0 saturated heterocycles. The molecule has 0 radical (unpaired) electrons. The van der Waals surface area contributed by atoms with Crippen LogP contribution in [0.5, 0.6) is 0 Å². The van der Waals surface area contributed by atoms with Crippen LogP contribution >= 0.6 is 0 Å². The molecule has 1 aromatic heterocycles. The highest BCUT2D eigenvalue weighted by molar-refractivity contribution is 5.86. The van der Waals surface area contributed by atoms with Crippen LogP contribution in [0.3, 0.4) is 0 Å². The Morgan fingerprint density at radius 2 is 0.632 bits per heavy atom. The van der Waals surface area contributed by atoms with Gasteiger partial charge in [-0.15, -0.1) is 0 Å². The van der Waals surface area contributed by atoms with Crippen molar-refractivity contribution in [3.63, 3.8) is 0 Å². The molecule has 0 aliphatic heterocycles. The second-order valence-corrected chi connectivity index (χ2v) is 15.2. The fourth-order valence-corrected chi connectivity index (χ4v) is 8.39. The van der Waals surface area contributed by atoms with Gasteiger partial charge in [0.15, 0.2) is 17.5 Å². The van der Waals surface area contributed by atoms with E-state index >= 15 is 0 Å². The fourth-order valence-electron chi connectivity index (χ4n) is 8.39. The number of fused-ring (bicyclic) bond motifs is 3. The predicted octanol–water partition coefficient (Wildman–Crippen LogP) is 13.8. The van der Waals surface area contributed by atoms with E-state index in [0.717, 1.165) is 50.1 Å². The van der Waals surface area contributed by atoms with E-state index in [9.17, 15) is 0 Å². The topological polar surface area (TPSA) is 38.7 Å². The van der Waals surface area contributed by atoms with Gasteiger partial charge in [-0.1, -0.05) is 208 Å². The van der Waals surface area contributed by atoms with Crippen molar-refractivity contribution in [1.82, 2.24) is 15.0 Å². The third-order valence-electron chi connectivity index (χ3n) is 11.4. The van der Waals surface area contributed by atoms with Crippen LogP contribution in [0.4, 0.5) is 0 Å². The Hall–Kier alpha value is -7.23. The molecule has 0 bridgehead atoms. The Balaban J connectivity index is 1.01. The van der Waals surface area contributed by atoms with Crippen molar-refractivity contribution < 1.29 is 0 Å². The van der Waals surface area contributed by atoms with E-state index in [0.29, 0.717) is 17.5 Å². The Morgan fingerprint density at radius 1 is 0.263 bits per heavy atom. The van der Waals surface area contributed by atoms with Crippen molar-refractivity contribution >= 4 is 0 Å². The van der Waals surface area contributed by atoms with Gasteiger partial charge in [0, 0.05) is 22.1 Å². The standard InChI is InChI=1S/C54H39N3/c1-54(2)49-24-14-13-21-45(49)46-34-33-42(35-50(46)54)38-27-25-36(26-28-38)37-29-31-41(32-30-37)51-55-52(47-22-11-9-19-43(47)39-15-5-3-6-16-39)57-53(56-51)48-23-12-10-20-44(48)40-17-7-4-8-18-40/h3-35H,1-2H3. The van der Waals surface area contributed by atoms with Gasteiger partial charge in [0.05, 0.1) is 0 Å². The zero-order valence-electron chi connectivity index (χ0n) is 31.9. The molecular formula is C54H39N3. The van der Waals surface area contributed by atoms with Crippen molar-refractivity contribution in [1.29, 1.82) is 0 Å². The average Bonchev–Trinajstić information content (AvgIpc) is 3.52. The van der Waals surface area contributed by atoms with E-state index in [2.05, 4.69) is 190 Å². The summed E-state index contributed by atoms with van der Waals surface area (Å²) < 4.78 is 0. The Bertz CT molecular complexity index is 2790. The van der Waals surface area contributed by atoms with Gasteiger partial charge < -0.3 is 0 Å². The number of benzene rings is 8. The minimum atomic E-state index is -0.0275. The first-order chi connectivity index (χ1) is 28.0. The van der Waals surface area contributed by atoms with Crippen LogP contribution in [-0.4, -0.2) is 15.0 Å². The third-order valence-corrected chi connectivity index (χ3v) is 11.4. The molecule has 0 spiro atoms. The van der Waals surface area contributed by atoms with Crippen molar-refractivity contribution in [3.05, 3.63) is 211 Å². The molecule has 3 nitrogen and oxygen atoms in total. The van der Waals surface area contributed by atoms with Gasteiger partial charge in [-0.2, -0.15) is 0 Å². The van der Waals surface area contributed by atoms with Crippen molar-refractivity contribution in [2.24, 2.45) is 0 Å². The van der Waals surface area contributed by atoms with Gasteiger partial charge in [-0.3, -0.25) is 0 Å². The smallest absolute Gasteiger partial charge is 0.164 e. The molecule has 0 fully saturated rings. The lowest BCUT2D eigenvalue weighted by molar-refractivity contribution is 0.660. The number of rotatable bonds is 7. The van der Waals surface area contributed by atoms with Crippen LogP contribution in [0.25, 0.3) is 89.8 Å². The Kier molecular flexibility index (Phi) is 8.49. The molecule has 1 heterocycles. The maximum Gasteiger partial charge on any atom is 0.164 e. The highest BCUT2D eigenvalue weighted by Crippen LogP contribution is 2.49. The Labute approximate surface area is 334 Å². The summed E-state index contributed by atoms with van der Waals surface area (Å²) in [5, 5.41) is 0. The van der Waals surface area contributed by atoms with Crippen LogP contribution in [0.1, 0.15) is 25.0 Å². The van der Waals surface area contributed by atoms with E-state index in [-0.39, 0.29) is 5.41 Å². The van der Waals surface area contributed by atoms with Crippen LogP contribution in [0.2, 0.25) is 0 Å². The second kappa shape index (κ2) is 14.1. The van der Waals surface area contributed by atoms with Gasteiger partial charge in [0.1, 0.15) is 0 Å². The number of aromatic nitrogens is 3. The Morgan fingerprint density at radius 3 is 1.16 bits per heavy atom. The van der Waals surface area contributed by atoms with E-state index in [4.69, 9.17) is 15.0 Å². The molecule has 0 saturated carbocycles. The monoisotopic (exact) mass is 729 g/mol. The minimum Gasteiger partial charge on any atom is -0.208 e. The number of hydrogen-bond donors (Lipinski definition) is 0. The largest absolute Gasteiger partial charge is 0.208 e. The van der Waals surface area contributed by atoms with Gasteiger partial charge in [-0.25, -0.2) is 15.0 Å². The summed E-state index contributed by atoms with van der Waals surface area (Å²) in [6.07, 6.45) is 0. The molecule has 8 aromatic carbocycles. The highest BCUT2D eigenvalue weighted by Gasteiger charge is 2.35. The normalized spacial score (nSPS) is 12.5. The summed E-state index contributed by atoms with van der Waals surface area (Å²) in [6, 6.07) is 70.8. The highest BCUT2D eigenvalue weighted by atomic mass is 15.0. The van der Waals surface area contributed by atoms with Gasteiger partial charge in [0.2, 0.25) is 0 Å². The molecule has 0 unspecified atom stereocenters. The maximum absolute atomic E-state index is 5.19. The minimum absolute atomic E-state index is 0.0275. The molecule has 1 aliphatic carbocycles. The SMILES string of the molecule is CC1(C)c2ccccc2-c2ccc(-c3ccc(-c4ccc(-c5nc(-c6ccccc6-c6ccccc6)nc(-c6ccccc6-c6ccccc6)n5)cc4)cc3)cc21. The molecule has 0 amide bonds. The first kappa shape index (κ1) is 34.3. The first-order valence-corrected chi connectivity index (χ1v) is 19.5. The molecule has 3 heteroatoms. The average molecular weight is 730 g/mol. The van der Waals surface area contributed by atoms with E-state index in [1.54, 1.807) is 0 Å².